The summed E-state index contributed by atoms with van der Waals surface area (Å²) in [6.07, 6.45) is 3.14. The summed E-state index contributed by atoms with van der Waals surface area (Å²) in [5.74, 6) is -1.03. The minimum Gasteiger partial charge on any atom is -0.459 e. The normalized spacial score (nSPS) is 20.5. The summed E-state index contributed by atoms with van der Waals surface area (Å²) < 4.78 is 10.6. The van der Waals surface area contributed by atoms with Crippen LogP contribution in [-0.2, 0) is 14.3 Å². The zero-order valence-electron chi connectivity index (χ0n) is 17.7. The Hall–Kier alpha value is -2.31. The van der Waals surface area contributed by atoms with E-state index in [0.717, 1.165) is 19.3 Å². The molecule has 1 saturated carbocycles. The van der Waals surface area contributed by atoms with Crippen molar-refractivity contribution in [2.75, 3.05) is 0 Å². The van der Waals surface area contributed by atoms with Gasteiger partial charge < -0.3 is 19.8 Å². The maximum atomic E-state index is 12.6. The standard InChI is InChI=1S/C21H32N2O5/c1-11(2)27-20(25)17-13(4)18(22-14(17)5)21(26)28-15(6)19(24)23-16-10-8-7-9-12(16)3/h11-12,15-16,22H,7-10H2,1-6H3,(H,23,24)/t12-,15-,16-/m0/s1. The van der Waals surface area contributed by atoms with Crippen molar-refractivity contribution in [1.82, 2.24) is 10.3 Å². The number of esters is 2. The molecule has 156 valence electrons. The van der Waals surface area contributed by atoms with Crippen molar-refractivity contribution in [1.29, 1.82) is 0 Å². The predicted octanol–water partition coefficient (Wildman–Crippen LogP) is 3.44. The highest BCUT2D eigenvalue weighted by Crippen LogP contribution is 2.24. The number of aromatic amines is 1. The van der Waals surface area contributed by atoms with Crippen LogP contribution in [-0.4, -0.2) is 41.1 Å². The number of carbonyl (C=O) groups excluding carboxylic acids is 3. The van der Waals surface area contributed by atoms with Crippen LogP contribution in [0.4, 0.5) is 0 Å². The minimum atomic E-state index is -0.921. The molecular formula is C21H32N2O5. The molecule has 1 aliphatic rings. The second-order valence-electron chi connectivity index (χ2n) is 8.00. The van der Waals surface area contributed by atoms with E-state index in [2.05, 4.69) is 17.2 Å². The van der Waals surface area contributed by atoms with Crippen molar-refractivity contribution in [2.24, 2.45) is 5.92 Å². The predicted molar refractivity (Wildman–Crippen MR) is 105 cm³/mol. The topological polar surface area (TPSA) is 97.5 Å². The van der Waals surface area contributed by atoms with Crippen LogP contribution in [0.5, 0.6) is 0 Å². The second kappa shape index (κ2) is 9.26. The number of nitrogens with one attached hydrogen (secondary N) is 2. The summed E-state index contributed by atoms with van der Waals surface area (Å²) in [5.41, 5.74) is 1.48. The smallest absolute Gasteiger partial charge is 0.355 e. The summed E-state index contributed by atoms with van der Waals surface area (Å²) in [6.45, 7) is 10.6. The Balaban J connectivity index is 2.03. The number of ether oxygens (including phenoxy) is 2. The average Bonchev–Trinajstić information content (AvgIpc) is 2.90. The Morgan fingerprint density at radius 2 is 1.68 bits per heavy atom. The molecule has 1 aromatic heterocycles. The quantitative estimate of drug-likeness (QED) is 0.723. The Morgan fingerprint density at radius 3 is 2.29 bits per heavy atom. The molecule has 0 radical (unpaired) electrons. The van der Waals surface area contributed by atoms with Crippen LogP contribution in [0.1, 0.15) is 85.5 Å². The van der Waals surface area contributed by atoms with Gasteiger partial charge in [0.05, 0.1) is 11.7 Å². The van der Waals surface area contributed by atoms with Crippen molar-refractivity contribution in [3.8, 4) is 0 Å². The third-order valence-electron chi connectivity index (χ3n) is 5.28. The molecule has 1 aliphatic carbocycles. The first-order valence-electron chi connectivity index (χ1n) is 10.0. The molecule has 7 heteroatoms. The Morgan fingerprint density at radius 1 is 1.04 bits per heavy atom. The van der Waals surface area contributed by atoms with Gasteiger partial charge in [0.2, 0.25) is 0 Å². The summed E-state index contributed by atoms with van der Waals surface area (Å²) in [6, 6.07) is 0.120. The third-order valence-corrected chi connectivity index (χ3v) is 5.28. The molecule has 28 heavy (non-hydrogen) atoms. The van der Waals surface area contributed by atoms with E-state index in [0.29, 0.717) is 22.7 Å². The van der Waals surface area contributed by atoms with Crippen LogP contribution in [0.2, 0.25) is 0 Å². The van der Waals surface area contributed by atoms with Crippen LogP contribution >= 0.6 is 0 Å². The van der Waals surface area contributed by atoms with Gasteiger partial charge >= 0.3 is 11.9 Å². The molecule has 1 amide bonds. The number of hydrogen-bond donors (Lipinski definition) is 2. The van der Waals surface area contributed by atoms with Crippen molar-refractivity contribution in [3.63, 3.8) is 0 Å². The van der Waals surface area contributed by atoms with Gasteiger partial charge in [-0.1, -0.05) is 19.8 Å². The number of carbonyl (C=O) groups is 3. The van der Waals surface area contributed by atoms with E-state index in [1.54, 1.807) is 34.6 Å². The summed E-state index contributed by atoms with van der Waals surface area (Å²) >= 11 is 0. The lowest BCUT2D eigenvalue weighted by atomic mass is 9.86. The fourth-order valence-corrected chi connectivity index (χ4v) is 3.64. The SMILES string of the molecule is Cc1[nH]c(C(=O)O[C@@H](C)C(=O)N[C@H]2CCCC[C@@H]2C)c(C)c1C(=O)OC(C)C. The van der Waals surface area contributed by atoms with Crippen LogP contribution < -0.4 is 5.32 Å². The number of aryl methyl sites for hydroxylation is 1. The molecule has 7 nitrogen and oxygen atoms in total. The summed E-state index contributed by atoms with van der Waals surface area (Å²) in [5, 5.41) is 3.00. The van der Waals surface area contributed by atoms with Gasteiger partial charge in [0.25, 0.3) is 5.91 Å². The lowest BCUT2D eigenvalue weighted by Crippen LogP contribution is -2.46. The zero-order valence-corrected chi connectivity index (χ0v) is 17.7. The molecule has 2 N–H and O–H groups in total. The second-order valence-corrected chi connectivity index (χ2v) is 8.00. The van der Waals surface area contributed by atoms with Crippen molar-refractivity contribution >= 4 is 17.8 Å². The zero-order chi connectivity index (χ0) is 21.0. The molecule has 0 bridgehead atoms. The Bertz CT molecular complexity index is 737. The van der Waals surface area contributed by atoms with E-state index < -0.39 is 18.0 Å². The van der Waals surface area contributed by atoms with Crippen LogP contribution in [0.25, 0.3) is 0 Å². The molecule has 1 fully saturated rings. The highest BCUT2D eigenvalue weighted by atomic mass is 16.6. The summed E-state index contributed by atoms with van der Waals surface area (Å²) in [4.78, 5) is 40.1. The van der Waals surface area contributed by atoms with Gasteiger partial charge in [-0.25, -0.2) is 9.59 Å². The maximum Gasteiger partial charge on any atom is 0.355 e. The first-order chi connectivity index (χ1) is 13.1. The lowest BCUT2D eigenvalue weighted by molar-refractivity contribution is -0.130. The van der Waals surface area contributed by atoms with Gasteiger partial charge in [-0.05, 0) is 58.9 Å². The largest absolute Gasteiger partial charge is 0.459 e. The van der Waals surface area contributed by atoms with E-state index in [1.165, 1.54) is 6.42 Å². The van der Waals surface area contributed by atoms with Gasteiger partial charge in [0, 0.05) is 11.7 Å². The van der Waals surface area contributed by atoms with E-state index >= 15 is 0 Å². The molecule has 0 aliphatic heterocycles. The molecule has 0 spiro atoms. The number of H-pyrrole nitrogens is 1. The minimum absolute atomic E-state index is 0.120. The van der Waals surface area contributed by atoms with E-state index in [9.17, 15) is 14.4 Å². The van der Waals surface area contributed by atoms with Gasteiger partial charge in [0.1, 0.15) is 5.69 Å². The molecule has 0 unspecified atom stereocenters. The molecule has 2 rings (SSSR count). The van der Waals surface area contributed by atoms with Gasteiger partial charge in [-0.2, -0.15) is 0 Å². The van der Waals surface area contributed by atoms with Crippen LogP contribution in [0, 0.1) is 19.8 Å². The highest BCUT2D eigenvalue weighted by molar-refractivity contribution is 5.99. The van der Waals surface area contributed by atoms with E-state index in [1.807, 2.05) is 0 Å². The Labute approximate surface area is 166 Å². The van der Waals surface area contributed by atoms with E-state index in [4.69, 9.17) is 9.47 Å². The fourth-order valence-electron chi connectivity index (χ4n) is 3.64. The first-order valence-corrected chi connectivity index (χ1v) is 10.0. The van der Waals surface area contributed by atoms with Gasteiger partial charge in [0.15, 0.2) is 6.10 Å². The van der Waals surface area contributed by atoms with Gasteiger partial charge in [-0.3, -0.25) is 4.79 Å². The monoisotopic (exact) mass is 392 g/mol. The lowest BCUT2D eigenvalue weighted by Gasteiger charge is -2.30. The molecule has 1 aromatic rings. The fraction of sp³-hybridized carbons (Fsp3) is 0.667. The number of hydrogen-bond acceptors (Lipinski definition) is 5. The highest BCUT2D eigenvalue weighted by Gasteiger charge is 2.29. The number of amides is 1. The molecule has 0 saturated heterocycles. The Kier molecular flexibility index (Phi) is 7.27. The summed E-state index contributed by atoms with van der Waals surface area (Å²) in [7, 11) is 0. The third kappa shape index (κ3) is 5.14. The molecular weight excluding hydrogens is 360 g/mol. The molecule has 0 aromatic carbocycles. The van der Waals surface area contributed by atoms with Crippen LogP contribution in [0.3, 0.4) is 0 Å². The first kappa shape index (κ1) is 22.0. The van der Waals surface area contributed by atoms with Crippen LogP contribution in [0.15, 0.2) is 0 Å². The van der Waals surface area contributed by atoms with E-state index in [-0.39, 0.29) is 23.7 Å². The maximum absolute atomic E-state index is 12.6. The molecule has 1 heterocycles. The average molecular weight is 392 g/mol. The molecule has 3 atom stereocenters. The van der Waals surface area contributed by atoms with Crippen molar-refractivity contribution in [3.05, 3.63) is 22.5 Å². The number of rotatable bonds is 6. The van der Waals surface area contributed by atoms with Crippen molar-refractivity contribution < 1.29 is 23.9 Å². The van der Waals surface area contributed by atoms with Gasteiger partial charge in [-0.15, -0.1) is 0 Å². The van der Waals surface area contributed by atoms with Crippen molar-refractivity contribution in [2.45, 2.75) is 85.5 Å². The number of aromatic nitrogens is 1.